The lowest BCUT2D eigenvalue weighted by Crippen LogP contribution is -2.61. The number of aliphatic imine (C=N–C) groups is 1. The van der Waals surface area contributed by atoms with Crippen molar-refractivity contribution in [2.24, 2.45) is 51.4 Å². The highest BCUT2D eigenvalue weighted by molar-refractivity contribution is 8.76. The molecule has 5 aliphatic rings. The smallest absolute Gasteiger partial charge is 0.303 e. The fourth-order valence-corrected chi connectivity index (χ4v) is 19.6. The first-order chi connectivity index (χ1) is 64.6. The van der Waals surface area contributed by atoms with E-state index in [-0.39, 0.29) is 190 Å². The van der Waals surface area contributed by atoms with Gasteiger partial charge in [-0.1, -0.05) is 93.5 Å². The van der Waals surface area contributed by atoms with Crippen LogP contribution in [0.4, 0.5) is 0 Å². The zero-order valence-corrected chi connectivity index (χ0v) is 81.9. The van der Waals surface area contributed by atoms with Gasteiger partial charge in [-0.05, 0) is 190 Å². The van der Waals surface area contributed by atoms with Gasteiger partial charge in [-0.3, -0.25) is 96.1 Å². The molecule has 0 saturated carbocycles. The number of amides is 18. The Kier molecular flexibility index (Phi) is 48.8. The molecule has 5 aliphatic heterocycles. The summed E-state index contributed by atoms with van der Waals surface area (Å²) < 4.78 is 0. The van der Waals surface area contributed by atoms with Crippen LogP contribution in [-0.2, 0) is 97.5 Å². The second kappa shape index (κ2) is 58.2. The Hall–Kier alpha value is -10.6. The number of benzene rings is 1. The Bertz CT molecular complexity index is 4290. The first kappa shape index (κ1) is 114. The third-order valence-corrected chi connectivity index (χ3v) is 27.2. The third kappa shape index (κ3) is 36.4. The minimum atomic E-state index is -1.83. The fourth-order valence-electron chi connectivity index (χ4n) is 16.9. The van der Waals surface area contributed by atoms with Crippen LogP contribution in [-0.4, -0.2) is 327 Å². The van der Waals surface area contributed by atoms with Crippen LogP contribution in [0.3, 0.4) is 0 Å². The lowest BCUT2D eigenvalue weighted by Gasteiger charge is -2.33. The summed E-state index contributed by atoms with van der Waals surface area (Å²) in [6, 6.07) is -15.5. The summed E-state index contributed by atoms with van der Waals surface area (Å²) >= 11 is 1.33. The van der Waals surface area contributed by atoms with E-state index in [1.807, 2.05) is 0 Å². The monoisotopic (exact) mass is 1970 g/mol. The van der Waals surface area contributed by atoms with Gasteiger partial charge in [0.1, 0.15) is 103 Å². The van der Waals surface area contributed by atoms with Crippen LogP contribution < -0.4 is 97.8 Å². The van der Waals surface area contributed by atoms with Gasteiger partial charge in [0, 0.05) is 64.0 Å². The van der Waals surface area contributed by atoms with Gasteiger partial charge < -0.3 is 128 Å². The third-order valence-electron chi connectivity index (χ3n) is 24.1. The van der Waals surface area contributed by atoms with E-state index in [9.17, 15) is 67.7 Å². The second-order valence-corrected chi connectivity index (χ2v) is 39.9. The number of carboxylic acid groups (broad SMARTS) is 1. The van der Waals surface area contributed by atoms with Crippen molar-refractivity contribution in [3.05, 3.63) is 35.9 Å². The fraction of sp³-hybridized carbons (Fsp3) is 0.708. The zero-order chi connectivity index (χ0) is 101. The van der Waals surface area contributed by atoms with Crippen LogP contribution >= 0.6 is 33.3 Å². The number of carbonyl (C=O) groups is 19. The number of unbranched alkanes of at least 4 members (excludes halogenated alkanes) is 2. The molecular weight excluding hydrogens is 1820 g/mol. The standard InChI is InChI=1S/C89H145N23O21S3/c1-49(2)44-61-78(123)100-57(26-17-37-95-89(93)94)74(119)99-56(24-13-15-35-90)75(120)106-63(45-50(3)4)86(131)109-38-18-27-66(109)82(127)96-52(7)73(118)107-64(47-113)80(125)105-62(46-54-22-11-10-12-23-54)79(124)108-65(48-136-135-43-34-59(77(122)104-61)101-76(121)58(33-42-134-9)102-84(129)68-29-20-40-111(68)88(133)71(51(5)6)97-53(8)114)81(126)103-60(25-14-16-36-91)85(130)112-41-21-30-69(112)87(132)110-39-19-28-67(110)83(128)98-55(72(92)117)31-32-70(115)116/h10-12,22-23,49-52,55-69,71,113H,13-21,24-48,90-91H2,1-9H3,(H2,92,117)(H,96,127)(H,97,114)(H,98,128)(H,99,119)(H,100,123)(H,101,121)(H,102,129)(H,103,126)(H,104,122)(H,105,125)(H,106,120)(H,107,118)(H,108,124)(H,115,116)(H4,93,94,95)/t52-,55-,56-,57-,58-,59-,60-,61-,62-,63-,64-,65-,66-,67-,68-,69-,71-/m0/s1. The van der Waals surface area contributed by atoms with Gasteiger partial charge in [0.05, 0.1) is 6.61 Å². The van der Waals surface area contributed by atoms with E-state index < -0.39 is 234 Å². The number of thioether (sulfide) groups is 1. The highest BCUT2D eigenvalue weighted by Crippen LogP contribution is 2.30. The maximum atomic E-state index is 15.6. The Morgan fingerprint density at radius 1 is 0.537 bits per heavy atom. The number of aliphatic carboxylic acids is 1. The lowest BCUT2D eigenvalue weighted by atomic mass is 10.00. The van der Waals surface area contributed by atoms with Crippen LogP contribution in [0.25, 0.3) is 0 Å². The number of hydrogen-bond acceptors (Lipinski definition) is 26. The van der Waals surface area contributed by atoms with Crippen LogP contribution in [0.1, 0.15) is 202 Å². The predicted molar refractivity (Wildman–Crippen MR) is 511 cm³/mol. The lowest BCUT2D eigenvalue weighted by molar-refractivity contribution is -0.148. The van der Waals surface area contributed by atoms with Crippen molar-refractivity contribution in [2.75, 3.05) is 75.9 Å². The Morgan fingerprint density at radius 2 is 1.07 bits per heavy atom. The van der Waals surface area contributed by atoms with E-state index in [1.54, 1.807) is 78.1 Å². The number of aliphatic hydroxyl groups excluding tert-OH is 1. The molecule has 5 heterocycles. The average Bonchev–Trinajstić information content (AvgIpc) is 1.64. The summed E-state index contributed by atoms with van der Waals surface area (Å²) in [5.74, 6) is -17.6. The van der Waals surface area contributed by atoms with E-state index >= 15 is 33.6 Å². The molecule has 0 spiro atoms. The molecule has 5 fully saturated rings. The summed E-state index contributed by atoms with van der Waals surface area (Å²) in [6.07, 6.45) is 3.13. The maximum Gasteiger partial charge on any atom is 0.303 e. The molecule has 136 heavy (non-hydrogen) atoms. The van der Waals surface area contributed by atoms with Crippen LogP contribution in [0.5, 0.6) is 0 Å². The Balaban J connectivity index is 1.48. The van der Waals surface area contributed by atoms with Crippen molar-refractivity contribution in [2.45, 2.75) is 306 Å². The van der Waals surface area contributed by atoms with E-state index in [4.69, 9.17) is 28.7 Å². The van der Waals surface area contributed by atoms with Gasteiger partial charge in [-0.2, -0.15) is 11.8 Å². The average molecular weight is 1970 g/mol. The molecule has 0 radical (unpaired) electrons. The van der Waals surface area contributed by atoms with Crippen molar-refractivity contribution in [3.8, 4) is 0 Å². The first-order valence-electron chi connectivity index (χ1n) is 47.1. The maximum absolute atomic E-state index is 15.6. The number of likely N-dealkylation sites (tertiary alicyclic amines) is 3. The molecular formula is C89H145N23O21S3. The topological polar surface area (TPSA) is 677 Å². The minimum Gasteiger partial charge on any atom is -0.481 e. The van der Waals surface area contributed by atoms with Crippen molar-refractivity contribution in [1.82, 2.24) is 88.7 Å². The number of carbonyl (C=O) groups excluding carboxylic acids is 18. The second-order valence-electron chi connectivity index (χ2n) is 36.2. The normalized spacial score (nSPS) is 24.5. The highest BCUT2D eigenvalue weighted by Gasteiger charge is 2.47. The zero-order valence-electron chi connectivity index (χ0n) is 79.5. The summed E-state index contributed by atoms with van der Waals surface area (Å²) in [5, 5.41) is 55.5. The van der Waals surface area contributed by atoms with Gasteiger partial charge >= 0.3 is 5.97 Å². The number of carboxylic acids is 1. The van der Waals surface area contributed by atoms with Gasteiger partial charge in [-0.25, -0.2) is 0 Å². The first-order valence-corrected chi connectivity index (χ1v) is 51.0. The van der Waals surface area contributed by atoms with Gasteiger partial charge in [0.25, 0.3) is 0 Å². The number of primary amides is 1. The van der Waals surface area contributed by atoms with E-state index in [0.29, 0.717) is 37.7 Å². The van der Waals surface area contributed by atoms with Gasteiger partial charge in [0.15, 0.2) is 5.96 Å². The molecule has 0 unspecified atom stereocenters. The minimum absolute atomic E-state index is 0.000469. The molecule has 44 nitrogen and oxygen atoms in total. The van der Waals surface area contributed by atoms with E-state index in [0.717, 1.165) is 21.6 Å². The highest BCUT2D eigenvalue weighted by atomic mass is 33.1. The van der Waals surface area contributed by atoms with Gasteiger partial charge in [-0.15, -0.1) is 0 Å². The molecule has 760 valence electrons. The number of fused-ring (bicyclic) bond motifs is 1. The van der Waals surface area contributed by atoms with E-state index in [2.05, 4.69) is 74.1 Å². The largest absolute Gasteiger partial charge is 0.481 e. The number of nitrogens with zero attached hydrogens (tertiary/aromatic N) is 5. The molecule has 0 aliphatic carbocycles. The molecule has 0 aromatic heterocycles. The van der Waals surface area contributed by atoms with Crippen LogP contribution in [0, 0.1) is 17.8 Å². The Morgan fingerprint density at radius 3 is 1.65 bits per heavy atom. The molecule has 47 heteroatoms. The van der Waals surface area contributed by atoms with Gasteiger partial charge in [0.2, 0.25) is 106 Å². The van der Waals surface area contributed by atoms with E-state index in [1.165, 1.54) is 45.2 Å². The molecule has 0 bridgehead atoms. The molecule has 6 rings (SSSR count). The number of guanidine groups is 1. The molecule has 1 aromatic rings. The Labute approximate surface area is 806 Å². The SMILES string of the molecule is CSCC[C@H](NC(=O)[C@@H]1CCCN1C(=O)[C@@H](NC(C)=O)C(C)C)C(=O)N[C@H]1CCSSC[C@@H](C(=O)N[C@@H](CCCCN)C(=O)N2CCC[C@H]2C(=O)N2CCC[C@H]2C(=O)N[C@@H](CCC(=O)O)C(N)=O)NC(=O)[C@H](Cc2ccccc2)NC(=O)[C@H](CO)NC(=O)[C@H](C)NC(=O)[C@@H]2CCCN2C(=O)[C@H](CC(C)C)NC(=O)[C@H](CCCCN)NC(=O)[C@H](CCCN=C(N)N)NC(=O)[C@H](CC(C)C)NC1=O. The number of rotatable bonds is 39. The number of hydrogen-bond donors (Lipinski definition) is 20. The molecule has 25 N–H and O–H groups in total. The molecule has 18 amide bonds. The number of nitrogens with one attached hydrogen (secondary N) is 13. The summed E-state index contributed by atoms with van der Waals surface area (Å²) in [6.45, 7) is 12.6. The predicted octanol–water partition coefficient (Wildman–Crippen LogP) is -3.52. The summed E-state index contributed by atoms with van der Waals surface area (Å²) in [5.41, 5.74) is 29.4. The summed E-state index contributed by atoms with van der Waals surface area (Å²) in [4.78, 5) is 284. The molecule has 17 atom stereocenters. The number of nitrogens with two attached hydrogens (primary N) is 5. The van der Waals surface area contributed by atoms with Crippen molar-refractivity contribution in [1.29, 1.82) is 0 Å². The van der Waals surface area contributed by atoms with Crippen molar-refractivity contribution in [3.63, 3.8) is 0 Å². The molecule has 5 saturated heterocycles. The van der Waals surface area contributed by atoms with Crippen LogP contribution in [0.15, 0.2) is 35.3 Å². The number of aliphatic hydroxyl groups is 1. The van der Waals surface area contributed by atoms with Crippen LogP contribution in [0.2, 0.25) is 0 Å². The molecule has 1 aromatic carbocycles. The van der Waals surface area contributed by atoms with Crippen molar-refractivity contribution >= 4 is 152 Å². The summed E-state index contributed by atoms with van der Waals surface area (Å²) in [7, 11) is 1.97. The quantitative estimate of drug-likeness (QED) is 0.0131. The van der Waals surface area contributed by atoms with Crippen molar-refractivity contribution < 1.29 is 101 Å².